The maximum absolute atomic E-state index is 8.95. The molecule has 0 saturated heterocycles. The lowest BCUT2D eigenvalue weighted by molar-refractivity contribution is 0.0854. The van der Waals surface area contributed by atoms with Gasteiger partial charge in [0.2, 0.25) is 0 Å². The summed E-state index contributed by atoms with van der Waals surface area (Å²) in [6, 6.07) is 9.63. The molecule has 1 aromatic rings. The monoisotopic (exact) mass is 280 g/mol. The van der Waals surface area contributed by atoms with Gasteiger partial charge in [-0.05, 0) is 45.1 Å². The molecule has 0 atom stereocenters. The van der Waals surface area contributed by atoms with Gasteiger partial charge in [-0.2, -0.15) is 10.6 Å². The molecule has 0 fully saturated rings. The molecule has 0 saturated carbocycles. The van der Waals surface area contributed by atoms with E-state index < -0.39 is 5.54 Å². The van der Waals surface area contributed by atoms with Crippen LogP contribution in [0.2, 0.25) is 0 Å². The Morgan fingerprint density at radius 2 is 1.95 bits per heavy atom. The van der Waals surface area contributed by atoms with Gasteiger partial charge >= 0.3 is 0 Å². The molecule has 0 bridgehead atoms. The minimum Gasteiger partial charge on any atom is -0.331 e. The smallest absolute Gasteiger partial charge is 0.191 e. The second-order valence-corrected chi connectivity index (χ2v) is 5.36. The van der Waals surface area contributed by atoms with E-state index in [1.165, 1.54) is 0 Å². The van der Waals surface area contributed by atoms with Crippen LogP contribution in [0.15, 0.2) is 35.4 Å². The number of rotatable bonds is 5. The normalized spacial score (nSPS) is 12.1. The van der Waals surface area contributed by atoms with Gasteiger partial charge in [-0.25, -0.2) is 0 Å². The topological polar surface area (TPSA) is 68.7 Å². The summed E-state index contributed by atoms with van der Waals surface area (Å²) in [6.45, 7) is 5.64. The zero-order chi connectivity index (χ0) is 14.3. The fourth-order valence-corrected chi connectivity index (χ4v) is 1.71. The predicted octanol–water partition coefficient (Wildman–Crippen LogP) is 2.50. The van der Waals surface area contributed by atoms with Crippen LogP contribution in [0, 0.1) is 0 Å². The lowest BCUT2D eigenvalue weighted by Gasteiger charge is -2.21. The molecular weight excluding hydrogens is 260 g/mol. The number of anilines is 1. The molecule has 1 aromatic carbocycles. The van der Waals surface area contributed by atoms with Crippen LogP contribution in [0.3, 0.4) is 0 Å². The van der Waals surface area contributed by atoms with Crippen LogP contribution >= 0.6 is 12.2 Å². The van der Waals surface area contributed by atoms with Gasteiger partial charge in [-0.3, -0.25) is 5.43 Å². The highest BCUT2D eigenvalue weighted by Gasteiger charge is 2.17. The lowest BCUT2D eigenvalue weighted by Crippen LogP contribution is -2.38. The number of nitrogens with one attached hydrogen (secondary N) is 3. The molecule has 6 heteroatoms. The fourth-order valence-electron chi connectivity index (χ4n) is 1.55. The number of hydroxylamine groups is 1. The maximum atomic E-state index is 8.95. The third kappa shape index (κ3) is 6.28. The first-order valence-corrected chi connectivity index (χ1v) is 6.40. The molecule has 0 aliphatic rings. The van der Waals surface area contributed by atoms with Crippen molar-refractivity contribution in [2.75, 3.05) is 5.32 Å². The van der Waals surface area contributed by atoms with Crippen LogP contribution in [-0.4, -0.2) is 21.6 Å². The predicted molar refractivity (Wildman–Crippen MR) is 82.5 cm³/mol. The Hall–Kier alpha value is -1.50. The summed E-state index contributed by atoms with van der Waals surface area (Å²) in [5, 5.41) is 16.6. The minimum absolute atomic E-state index is 0.413. The van der Waals surface area contributed by atoms with Crippen molar-refractivity contribution in [2.45, 2.75) is 32.7 Å². The minimum atomic E-state index is -0.413. The van der Waals surface area contributed by atoms with Gasteiger partial charge in [0.25, 0.3) is 0 Å². The van der Waals surface area contributed by atoms with E-state index >= 15 is 0 Å². The van der Waals surface area contributed by atoms with Crippen molar-refractivity contribution < 1.29 is 5.21 Å². The Morgan fingerprint density at radius 1 is 1.32 bits per heavy atom. The van der Waals surface area contributed by atoms with E-state index in [0.717, 1.165) is 11.4 Å². The Labute approximate surface area is 119 Å². The molecule has 0 heterocycles. The van der Waals surface area contributed by atoms with Gasteiger partial charge < -0.3 is 10.5 Å². The number of thiocarbonyl (C=S) groups is 1. The van der Waals surface area contributed by atoms with E-state index in [2.05, 4.69) is 21.3 Å². The molecular formula is C13H20N4OS. The van der Waals surface area contributed by atoms with Gasteiger partial charge in [0, 0.05) is 23.4 Å². The van der Waals surface area contributed by atoms with Gasteiger partial charge in [-0.1, -0.05) is 18.2 Å². The summed E-state index contributed by atoms with van der Waals surface area (Å²) < 4.78 is 0. The van der Waals surface area contributed by atoms with Crippen molar-refractivity contribution in [3.63, 3.8) is 0 Å². The number of hydrogen-bond acceptors (Lipinski definition) is 4. The number of nitrogens with zero attached hydrogens (tertiary/aromatic N) is 1. The number of para-hydroxylation sites is 1. The number of hydrogen-bond donors (Lipinski definition) is 4. The largest absolute Gasteiger partial charge is 0.331 e. The zero-order valence-corrected chi connectivity index (χ0v) is 12.2. The summed E-state index contributed by atoms with van der Waals surface area (Å²) in [7, 11) is 0. The van der Waals surface area contributed by atoms with E-state index in [-0.39, 0.29) is 0 Å². The maximum Gasteiger partial charge on any atom is 0.191 e. The van der Waals surface area contributed by atoms with Crippen LogP contribution in [0.25, 0.3) is 0 Å². The van der Waals surface area contributed by atoms with Crippen LogP contribution in [0.5, 0.6) is 0 Å². The fraction of sp³-hybridized carbons (Fsp3) is 0.385. The zero-order valence-electron chi connectivity index (χ0n) is 11.4. The molecule has 19 heavy (non-hydrogen) atoms. The quantitative estimate of drug-likeness (QED) is 0.379. The van der Waals surface area contributed by atoms with Gasteiger partial charge in [0.05, 0.1) is 0 Å². The Morgan fingerprint density at radius 3 is 2.53 bits per heavy atom. The van der Waals surface area contributed by atoms with E-state index in [1.54, 1.807) is 0 Å². The molecule has 0 aliphatic heterocycles. The molecule has 4 N–H and O–H groups in total. The molecule has 0 amide bonds. The van der Waals surface area contributed by atoms with Crippen molar-refractivity contribution in [1.29, 1.82) is 0 Å². The third-order valence-corrected chi connectivity index (χ3v) is 2.57. The standard InChI is InChI=1S/C13H20N4OS/c1-10(9-13(2,3)17-18)15-16-12(19)14-11-7-5-4-6-8-11/h4-8,17-18H,9H2,1-3H3,(H2,14,16,19)/b15-10+. The van der Waals surface area contributed by atoms with Crippen molar-refractivity contribution in [1.82, 2.24) is 10.9 Å². The Balaban J connectivity index is 2.45. The third-order valence-electron chi connectivity index (χ3n) is 2.38. The highest BCUT2D eigenvalue weighted by Crippen LogP contribution is 2.08. The molecule has 0 unspecified atom stereocenters. The summed E-state index contributed by atoms with van der Waals surface area (Å²) in [6.07, 6.45) is 0.602. The van der Waals surface area contributed by atoms with Crippen LogP contribution in [-0.2, 0) is 0 Å². The molecule has 0 aromatic heterocycles. The molecule has 104 valence electrons. The van der Waals surface area contributed by atoms with Crippen molar-refractivity contribution in [3.05, 3.63) is 30.3 Å². The van der Waals surface area contributed by atoms with E-state index in [9.17, 15) is 0 Å². The molecule has 1 rings (SSSR count). The van der Waals surface area contributed by atoms with Crippen LogP contribution in [0.4, 0.5) is 5.69 Å². The van der Waals surface area contributed by atoms with E-state index in [0.29, 0.717) is 11.5 Å². The summed E-state index contributed by atoms with van der Waals surface area (Å²) in [5.41, 5.74) is 6.35. The second kappa shape index (κ2) is 7.18. The highest BCUT2D eigenvalue weighted by molar-refractivity contribution is 7.80. The Bertz CT molecular complexity index is 445. The van der Waals surface area contributed by atoms with E-state index in [4.69, 9.17) is 17.4 Å². The van der Waals surface area contributed by atoms with Crippen molar-refractivity contribution >= 4 is 28.7 Å². The van der Waals surface area contributed by atoms with Gasteiger partial charge in [0.1, 0.15) is 0 Å². The number of hydrazone groups is 1. The first-order chi connectivity index (χ1) is 8.93. The lowest BCUT2D eigenvalue weighted by atomic mass is 9.99. The first kappa shape index (κ1) is 15.6. The van der Waals surface area contributed by atoms with Crippen LogP contribution in [0.1, 0.15) is 27.2 Å². The highest BCUT2D eigenvalue weighted by atomic mass is 32.1. The average molecular weight is 280 g/mol. The molecule has 0 spiro atoms. The first-order valence-electron chi connectivity index (χ1n) is 5.99. The summed E-state index contributed by atoms with van der Waals surface area (Å²) >= 11 is 5.13. The molecule has 5 nitrogen and oxygen atoms in total. The van der Waals surface area contributed by atoms with E-state index in [1.807, 2.05) is 51.1 Å². The SMILES string of the molecule is C/C(CC(C)(C)NO)=N\NC(=S)Nc1ccccc1. The van der Waals surface area contributed by atoms with Gasteiger partial charge in [-0.15, -0.1) is 0 Å². The summed E-state index contributed by atoms with van der Waals surface area (Å²) in [4.78, 5) is 0. The van der Waals surface area contributed by atoms with Crippen molar-refractivity contribution in [3.8, 4) is 0 Å². The van der Waals surface area contributed by atoms with Crippen LogP contribution < -0.4 is 16.2 Å². The summed E-state index contributed by atoms with van der Waals surface area (Å²) in [5.74, 6) is 0. The molecule has 0 aliphatic carbocycles. The Kier molecular flexibility index (Phi) is 5.88. The van der Waals surface area contributed by atoms with Crippen molar-refractivity contribution in [2.24, 2.45) is 5.10 Å². The number of benzene rings is 1. The average Bonchev–Trinajstić information content (AvgIpc) is 2.37. The second-order valence-electron chi connectivity index (χ2n) is 4.95. The molecule has 0 radical (unpaired) electrons. The van der Waals surface area contributed by atoms with Gasteiger partial charge in [0.15, 0.2) is 5.11 Å².